The molecule has 1 aliphatic rings. The van der Waals surface area contributed by atoms with E-state index in [-0.39, 0.29) is 11.4 Å². The van der Waals surface area contributed by atoms with Crippen molar-refractivity contribution in [3.8, 4) is 0 Å². The van der Waals surface area contributed by atoms with Crippen molar-refractivity contribution in [3.63, 3.8) is 0 Å². The molecular weight excluding hydrogens is 177 g/mol. The zero-order chi connectivity index (χ0) is 10.2. The predicted octanol–water partition coefficient (Wildman–Crippen LogP) is 2.67. The molecule has 0 radical (unpaired) electrons. The molecule has 1 aromatic rings. The van der Waals surface area contributed by atoms with E-state index in [0.29, 0.717) is 5.92 Å². The maximum Gasteiger partial charge on any atom is 0.123 e. The van der Waals surface area contributed by atoms with Crippen LogP contribution in [0.3, 0.4) is 0 Å². The Morgan fingerprint density at radius 3 is 2.57 bits per heavy atom. The van der Waals surface area contributed by atoms with Crippen molar-refractivity contribution in [2.75, 3.05) is 6.54 Å². The molecule has 14 heavy (non-hydrogen) atoms. The first kappa shape index (κ1) is 9.66. The summed E-state index contributed by atoms with van der Waals surface area (Å²) < 4.78 is 13.1. The van der Waals surface area contributed by atoms with Gasteiger partial charge in [-0.3, -0.25) is 0 Å². The average Bonchev–Trinajstić information content (AvgIpc) is 2.00. The van der Waals surface area contributed by atoms with Gasteiger partial charge in [0.15, 0.2) is 0 Å². The SMILES string of the molecule is CC(C)C1(c2cccc(F)c2)CCN1. The van der Waals surface area contributed by atoms with Gasteiger partial charge in [-0.25, -0.2) is 4.39 Å². The molecule has 1 aliphatic heterocycles. The molecule has 1 aromatic carbocycles. The fourth-order valence-corrected chi connectivity index (χ4v) is 2.23. The highest BCUT2D eigenvalue weighted by atomic mass is 19.1. The van der Waals surface area contributed by atoms with Crippen LogP contribution in [0.4, 0.5) is 4.39 Å². The van der Waals surface area contributed by atoms with Gasteiger partial charge in [0.05, 0.1) is 0 Å². The Labute approximate surface area is 84.3 Å². The van der Waals surface area contributed by atoms with Crippen LogP contribution in [0.25, 0.3) is 0 Å². The molecule has 2 rings (SSSR count). The second-order valence-corrected chi connectivity index (χ2v) is 4.31. The third-order valence-electron chi connectivity index (χ3n) is 3.29. The van der Waals surface area contributed by atoms with E-state index in [9.17, 15) is 4.39 Å². The molecular formula is C12H16FN. The first-order valence-corrected chi connectivity index (χ1v) is 5.16. The first-order chi connectivity index (χ1) is 6.65. The molecule has 0 spiro atoms. The monoisotopic (exact) mass is 193 g/mol. The van der Waals surface area contributed by atoms with Crippen LogP contribution in [-0.2, 0) is 5.54 Å². The van der Waals surface area contributed by atoms with Crippen molar-refractivity contribution in [2.45, 2.75) is 25.8 Å². The molecule has 1 saturated heterocycles. The van der Waals surface area contributed by atoms with E-state index < -0.39 is 0 Å². The molecule has 1 nitrogen and oxygen atoms in total. The summed E-state index contributed by atoms with van der Waals surface area (Å²) in [5, 5.41) is 3.44. The van der Waals surface area contributed by atoms with Crippen LogP contribution in [0.2, 0.25) is 0 Å². The van der Waals surface area contributed by atoms with Gasteiger partial charge in [-0.05, 0) is 36.6 Å². The maximum atomic E-state index is 13.1. The zero-order valence-electron chi connectivity index (χ0n) is 8.68. The summed E-state index contributed by atoms with van der Waals surface area (Å²) in [7, 11) is 0. The van der Waals surface area contributed by atoms with Gasteiger partial charge in [0.2, 0.25) is 0 Å². The minimum Gasteiger partial charge on any atom is -0.307 e. The van der Waals surface area contributed by atoms with E-state index in [1.807, 2.05) is 6.07 Å². The molecule has 0 bridgehead atoms. The van der Waals surface area contributed by atoms with E-state index in [2.05, 4.69) is 19.2 Å². The highest BCUT2D eigenvalue weighted by Gasteiger charge is 2.40. The zero-order valence-corrected chi connectivity index (χ0v) is 8.68. The summed E-state index contributed by atoms with van der Waals surface area (Å²) in [4.78, 5) is 0. The lowest BCUT2D eigenvalue weighted by Crippen LogP contribution is -2.57. The topological polar surface area (TPSA) is 12.0 Å². The molecule has 1 heterocycles. The number of halogens is 1. The fraction of sp³-hybridized carbons (Fsp3) is 0.500. The van der Waals surface area contributed by atoms with Crippen molar-refractivity contribution in [1.82, 2.24) is 5.32 Å². The van der Waals surface area contributed by atoms with Gasteiger partial charge in [-0.15, -0.1) is 0 Å². The van der Waals surface area contributed by atoms with E-state index in [0.717, 1.165) is 18.5 Å². The van der Waals surface area contributed by atoms with Crippen LogP contribution in [0.15, 0.2) is 24.3 Å². The quantitative estimate of drug-likeness (QED) is 0.761. The minimum atomic E-state index is -0.142. The van der Waals surface area contributed by atoms with Gasteiger partial charge in [0, 0.05) is 5.54 Å². The molecule has 0 aliphatic carbocycles. The van der Waals surface area contributed by atoms with Crippen LogP contribution >= 0.6 is 0 Å². The fourth-order valence-electron chi connectivity index (χ4n) is 2.23. The van der Waals surface area contributed by atoms with E-state index in [4.69, 9.17) is 0 Å². The van der Waals surface area contributed by atoms with Gasteiger partial charge in [-0.2, -0.15) is 0 Å². The van der Waals surface area contributed by atoms with Gasteiger partial charge in [0.1, 0.15) is 5.82 Å². The lowest BCUT2D eigenvalue weighted by atomic mass is 9.72. The molecule has 0 aromatic heterocycles. The van der Waals surface area contributed by atoms with E-state index in [1.165, 1.54) is 6.07 Å². The van der Waals surface area contributed by atoms with Crippen molar-refractivity contribution >= 4 is 0 Å². The molecule has 1 unspecified atom stereocenters. The molecule has 0 amide bonds. The third-order valence-corrected chi connectivity index (χ3v) is 3.29. The number of rotatable bonds is 2. The van der Waals surface area contributed by atoms with E-state index >= 15 is 0 Å². The standard InChI is InChI=1S/C12H16FN/c1-9(2)12(6-7-14-12)10-4-3-5-11(13)8-10/h3-5,8-9,14H,6-7H2,1-2H3. The Hall–Kier alpha value is -0.890. The largest absolute Gasteiger partial charge is 0.307 e. The summed E-state index contributed by atoms with van der Waals surface area (Å²) in [5.74, 6) is 0.356. The lowest BCUT2D eigenvalue weighted by Gasteiger charge is -2.47. The predicted molar refractivity (Wildman–Crippen MR) is 55.5 cm³/mol. The number of benzene rings is 1. The van der Waals surface area contributed by atoms with Crippen molar-refractivity contribution in [2.24, 2.45) is 5.92 Å². The lowest BCUT2D eigenvalue weighted by molar-refractivity contribution is 0.139. The molecule has 1 N–H and O–H groups in total. The van der Waals surface area contributed by atoms with Crippen LogP contribution in [-0.4, -0.2) is 6.54 Å². The summed E-state index contributed by atoms with van der Waals surface area (Å²) in [6, 6.07) is 6.94. The van der Waals surface area contributed by atoms with Crippen LogP contribution in [0.5, 0.6) is 0 Å². The summed E-state index contributed by atoms with van der Waals surface area (Å²) in [6.07, 6.45) is 1.11. The van der Waals surface area contributed by atoms with Crippen molar-refractivity contribution in [1.29, 1.82) is 0 Å². The third kappa shape index (κ3) is 1.34. The summed E-state index contributed by atoms with van der Waals surface area (Å²) in [6.45, 7) is 5.39. The van der Waals surface area contributed by atoms with Gasteiger partial charge in [0.25, 0.3) is 0 Å². The van der Waals surface area contributed by atoms with Crippen LogP contribution in [0.1, 0.15) is 25.8 Å². The Morgan fingerprint density at radius 2 is 2.14 bits per heavy atom. The molecule has 76 valence electrons. The van der Waals surface area contributed by atoms with Crippen molar-refractivity contribution < 1.29 is 4.39 Å². The van der Waals surface area contributed by atoms with Gasteiger partial charge >= 0.3 is 0 Å². The Morgan fingerprint density at radius 1 is 1.43 bits per heavy atom. The Bertz CT molecular complexity index is 329. The number of nitrogens with one attached hydrogen (secondary N) is 1. The van der Waals surface area contributed by atoms with Gasteiger partial charge in [-0.1, -0.05) is 26.0 Å². The second-order valence-electron chi connectivity index (χ2n) is 4.31. The highest BCUT2D eigenvalue weighted by molar-refractivity contribution is 5.28. The highest BCUT2D eigenvalue weighted by Crippen LogP contribution is 2.38. The molecule has 2 heteroatoms. The Balaban J connectivity index is 2.37. The summed E-state index contributed by atoms with van der Waals surface area (Å²) in [5.41, 5.74) is 1.10. The molecule has 0 saturated carbocycles. The normalized spacial score (nSPS) is 26.3. The smallest absolute Gasteiger partial charge is 0.123 e. The number of hydrogen-bond donors (Lipinski definition) is 1. The number of hydrogen-bond acceptors (Lipinski definition) is 1. The van der Waals surface area contributed by atoms with Gasteiger partial charge < -0.3 is 5.32 Å². The Kier molecular flexibility index (Phi) is 2.31. The molecule has 1 fully saturated rings. The molecule has 1 atom stereocenters. The maximum absolute atomic E-state index is 13.1. The first-order valence-electron chi connectivity index (χ1n) is 5.16. The van der Waals surface area contributed by atoms with Crippen molar-refractivity contribution in [3.05, 3.63) is 35.6 Å². The van der Waals surface area contributed by atoms with Crippen LogP contribution < -0.4 is 5.32 Å². The average molecular weight is 193 g/mol. The summed E-state index contributed by atoms with van der Waals surface area (Å²) >= 11 is 0. The van der Waals surface area contributed by atoms with E-state index in [1.54, 1.807) is 12.1 Å². The second kappa shape index (κ2) is 3.35. The minimum absolute atomic E-state index is 0.0160. The van der Waals surface area contributed by atoms with Crippen LogP contribution in [0, 0.1) is 11.7 Å².